The molecular weight excluding hydrogens is 357 g/mol. The molecule has 2 N–H and O–H groups in total. The van der Waals surface area contributed by atoms with Crippen LogP contribution in [0.2, 0.25) is 10.0 Å². The number of nitrogens with one attached hydrogen (secondary N) is 1. The van der Waals surface area contributed by atoms with Crippen LogP contribution in [0.4, 0.5) is 5.69 Å². The first-order valence-electron chi connectivity index (χ1n) is 7.08. The lowest BCUT2D eigenvalue weighted by Crippen LogP contribution is -2.30. The first-order chi connectivity index (χ1) is 11.1. The minimum Gasteiger partial charge on any atom is -0.477 e. The van der Waals surface area contributed by atoms with Crippen LogP contribution in [0.5, 0.6) is 0 Å². The van der Waals surface area contributed by atoms with Gasteiger partial charge in [-0.15, -0.1) is 0 Å². The molecule has 1 fully saturated rings. The Morgan fingerprint density at radius 3 is 2.62 bits per heavy atom. The molecule has 24 heavy (non-hydrogen) atoms. The average Bonchev–Trinajstić information content (AvgIpc) is 2.75. The highest BCUT2D eigenvalue weighted by Crippen LogP contribution is 2.33. The molecule has 9 heteroatoms. The van der Waals surface area contributed by atoms with E-state index in [0.29, 0.717) is 22.9 Å². The number of hydrogen-bond donors (Lipinski definition) is 2. The fraction of sp³-hybridized carbons (Fsp3) is 0.400. The summed E-state index contributed by atoms with van der Waals surface area (Å²) in [5, 5.41) is 14.4. The van der Waals surface area contributed by atoms with Crippen LogP contribution in [0.3, 0.4) is 0 Å². The molecule has 0 unspecified atom stereocenters. The van der Waals surface area contributed by atoms with Gasteiger partial charge in [0.25, 0.3) is 5.91 Å². The van der Waals surface area contributed by atoms with Crippen molar-refractivity contribution in [3.05, 3.63) is 27.7 Å². The van der Waals surface area contributed by atoms with Crippen LogP contribution in [0.15, 0.2) is 17.2 Å². The van der Waals surface area contributed by atoms with Crippen molar-refractivity contribution in [3.63, 3.8) is 0 Å². The van der Waals surface area contributed by atoms with Gasteiger partial charge in [0, 0.05) is 5.02 Å². The van der Waals surface area contributed by atoms with Crippen molar-refractivity contribution in [3.8, 4) is 0 Å². The minimum absolute atomic E-state index is 0.123. The van der Waals surface area contributed by atoms with E-state index in [9.17, 15) is 9.59 Å². The molecule has 1 amide bonds. The van der Waals surface area contributed by atoms with Gasteiger partial charge in [0.2, 0.25) is 0 Å². The summed E-state index contributed by atoms with van der Waals surface area (Å²) < 4.78 is 0. The van der Waals surface area contributed by atoms with Gasteiger partial charge in [-0.3, -0.25) is 15.1 Å². The maximum Gasteiger partial charge on any atom is 0.351 e. The number of carboxylic acid groups (broad SMARTS) is 1. The number of nitrogens with zero attached hydrogens (tertiary/aromatic N) is 2. The number of hydrazone groups is 1. The molecule has 0 aliphatic carbocycles. The first-order valence-corrected chi connectivity index (χ1v) is 7.84. The van der Waals surface area contributed by atoms with Gasteiger partial charge >= 0.3 is 5.97 Å². The van der Waals surface area contributed by atoms with Crippen molar-refractivity contribution < 1.29 is 19.5 Å². The summed E-state index contributed by atoms with van der Waals surface area (Å²) in [7, 11) is 0. The number of rotatable bonds is 5. The number of amides is 1. The van der Waals surface area contributed by atoms with Gasteiger partial charge in [-0.25, -0.2) is 9.86 Å². The number of anilines is 1. The number of carbonyl (C=O) groups is 2. The average molecular weight is 374 g/mol. The Bertz CT molecular complexity index is 719. The van der Waals surface area contributed by atoms with Crippen molar-refractivity contribution in [2.75, 3.05) is 12.0 Å². The van der Waals surface area contributed by atoms with Crippen molar-refractivity contribution >= 4 is 46.5 Å². The van der Waals surface area contributed by atoms with E-state index in [0.717, 1.165) is 0 Å². The lowest BCUT2D eigenvalue weighted by Gasteiger charge is -2.18. The van der Waals surface area contributed by atoms with E-state index in [4.69, 9.17) is 33.1 Å². The summed E-state index contributed by atoms with van der Waals surface area (Å²) in [6.07, 6.45) is 0. The van der Waals surface area contributed by atoms with E-state index in [1.807, 2.05) is 0 Å². The smallest absolute Gasteiger partial charge is 0.351 e. The Hall–Kier alpha value is -1.83. The van der Waals surface area contributed by atoms with Crippen molar-refractivity contribution in [2.24, 2.45) is 10.5 Å². The lowest BCUT2D eigenvalue weighted by atomic mass is 9.95. The van der Waals surface area contributed by atoms with E-state index in [1.54, 1.807) is 19.9 Å². The summed E-state index contributed by atoms with van der Waals surface area (Å²) in [5.74, 6) is -1.28. The SMILES string of the molecule is CC(=NNc1cc(CN2OCC(C)(C)C2=O)c(Cl)cc1Cl)C(=O)O. The maximum absolute atomic E-state index is 12.2. The van der Waals surface area contributed by atoms with Crippen molar-refractivity contribution in [2.45, 2.75) is 27.3 Å². The predicted octanol–water partition coefficient (Wildman–Crippen LogP) is 3.17. The first kappa shape index (κ1) is 18.5. The van der Waals surface area contributed by atoms with Crippen LogP contribution in [-0.4, -0.2) is 34.4 Å². The highest BCUT2D eigenvalue weighted by atomic mass is 35.5. The molecule has 2 rings (SSSR count). The highest BCUT2D eigenvalue weighted by molar-refractivity contribution is 6.37. The molecule has 1 aromatic carbocycles. The Balaban J connectivity index is 2.22. The zero-order chi connectivity index (χ0) is 18.1. The number of hydroxylamine groups is 2. The fourth-order valence-corrected chi connectivity index (χ4v) is 2.45. The Labute approximate surface area is 149 Å². The molecule has 1 aliphatic heterocycles. The number of carboxylic acids is 1. The fourth-order valence-electron chi connectivity index (χ4n) is 1.96. The lowest BCUT2D eigenvalue weighted by molar-refractivity contribution is -0.165. The molecule has 130 valence electrons. The molecule has 7 nitrogen and oxygen atoms in total. The van der Waals surface area contributed by atoms with Crippen molar-refractivity contribution in [1.82, 2.24) is 5.06 Å². The Morgan fingerprint density at radius 2 is 2.08 bits per heavy atom. The predicted molar refractivity (Wildman–Crippen MR) is 91.1 cm³/mol. The molecular formula is C15H17Cl2N3O4. The van der Waals surface area contributed by atoms with E-state index in [1.165, 1.54) is 18.1 Å². The Morgan fingerprint density at radius 1 is 1.42 bits per heavy atom. The van der Waals surface area contributed by atoms with Crippen LogP contribution < -0.4 is 5.43 Å². The van der Waals surface area contributed by atoms with Crippen molar-refractivity contribution in [1.29, 1.82) is 0 Å². The van der Waals surface area contributed by atoms with E-state index < -0.39 is 11.4 Å². The van der Waals surface area contributed by atoms with Gasteiger partial charge in [0.1, 0.15) is 5.71 Å². The van der Waals surface area contributed by atoms with Gasteiger partial charge in [-0.2, -0.15) is 5.10 Å². The zero-order valence-corrected chi connectivity index (χ0v) is 14.9. The highest BCUT2D eigenvalue weighted by Gasteiger charge is 2.40. The van der Waals surface area contributed by atoms with Crippen LogP contribution in [0.1, 0.15) is 26.3 Å². The molecule has 0 bridgehead atoms. The molecule has 0 spiro atoms. The number of carbonyl (C=O) groups excluding carboxylic acids is 1. The molecule has 0 saturated carbocycles. The molecule has 0 radical (unpaired) electrons. The van der Waals surface area contributed by atoms with Gasteiger partial charge in [0.15, 0.2) is 0 Å². The van der Waals surface area contributed by atoms with Gasteiger partial charge < -0.3 is 5.11 Å². The van der Waals surface area contributed by atoms with Crippen LogP contribution >= 0.6 is 23.2 Å². The number of halogens is 2. The quantitative estimate of drug-likeness (QED) is 0.610. The normalized spacial score (nSPS) is 17.3. The molecule has 1 aliphatic rings. The maximum atomic E-state index is 12.2. The van der Waals surface area contributed by atoms with Gasteiger partial charge in [-0.05, 0) is 38.5 Å². The summed E-state index contributed by atoms with van der Waals surface area (Å²) in [5.41, 5.74) is 2.86. The standard InChI is InChI=1S/C15H17Cl2N3O4/c1-8(13(21)22)18-19-12-4-9(10(16)5-11(12)17)6-20-14(23)15(2,3)7-24-20/h4-5,19H,6-7H2,1-3H3,(H,21,22). The second-order valence-corrected chi connectivity index (χ2v) is 6.85. The van der Waals surface area contributed by atoms with Gasteiger partial charge in [-0.1, -0.05) is 23.2 Å². The molecule has 1 saturated heterocycles. The minimum atomic E-state index is -1.15. The van der Waals surface area contributed by atoms with Gasteiger partial charge in [0.05, 0.1) is 29.3 Å². The second-order valence-electron chi connectivity index (χ2n) is 6.04. The van der Waals surface area contributed by atoms with Crippen LogP contribution in [-0.2, 0) is 21.0 Å². The molecule has 1 aromatic rings. The van der Waals surface area contributed by atoms with E-state index in [-0.39, 0.29) is 23.2 Å². The largest absolute Gasteiger partial charge is 0.477 e. The summed E-state index contributed by atoms with van der Waals surface area (Å²) in [4.78, 5) is 28.4. The third kappa shape index (κ3) is 3.98. The van der Waals surface area contributed by atoms with Crippen LogP contribution in [0, 0.1) is 5.41 Å². The summed E-state index contributed by atoms with van der Waals surface area (Å²) in [6, 6.07) is 3.10. The number of aliphatic carboxylic acids is 1. The zero-order valence-electron chi connectivity index (χ0n) is 13.4. The summed E-state index contributed by atoms with van der Waals surface area (Å²) in [6.45, 7) is 5.39. The van der Waals surface area contributed by atoms with E-state index in [2.05, 4.69) is 10.5 Å². The topological polar surface area (TPSA) is 91.2 Å². The number of hydrogen-bond acceptors (Lipinski definition) is 5. The van der Waals surface area contributed by atoms with E-state index >= 15 is 0 Å². The summed E-state index contributed by atoms with van der Waals surface area (Å²) >= 11 is 12.3. The van der Waals surface area contributed by atoms with Crippen LogP contribution in [0.25, 0.3) is 0 Å². The monoisotopic (exact) mass is 373 g/mol. The molecule has 0 aromatic heterocycles. The second kappa shape index (κ2) is 6.96. The Kier molecular flexibility index (Phi) is 5.37. The third-order valence-electron chi connectivity index (χ3n) is 3.49. The number of benzene rings is 1. The molecule has 1 heterocycles. The third-order valence-corrected chi connectivity index (χ3v) is 4.15. The molecule has 0 atom stereocenters.